The maximum absolute atomic E-state index is 13.1. The number of hydrogen-bond acceptors (Lipinski definition) is 3. The minimum Gasteiger partial charge on any atom is -0.338 e. The fraction of sp³-hybridized carbons (Fsp3) is 0.421. The van der Waals surface area contributed by atoms with E-state index < -0.39 is 10.0 Å². The molecule has 1 aliphatic rings. The van der Waals surface area contributed by atoms with Crippen molar-refractivity contribution in [3.63, 3.8) is 0 Å². The van der Waals surface area contributed by atoms with Crippen LogP contribution in [0.2, 0.25) is 0 Å². The fourth-order valence-corrected chi connectivity index (χ4v) is 3.89. The molecule has 0 spiro atoms. The fourth-order valence-electron chi connectivity index (χ4n) is 3.34. The third-order valence-electron chi connectivity index (χ3n) is 4.76. The molecular formula is C19H25N3O3S. The van der Waals surface area contributed by atoms with Crippen LogP contribution in [0.15, 0.2) is 47.5 Å². The molecule has 1 fully saturated rings. The van der Waals surface area contributed by atoms with Gasteiger partial charge in [0.15, 0.2) is 0 Å². The predicted octanol–water partition coefficient (Wildman–Crippen LogP) is 2.59. The number of hydrogen-bond donors (Lipinski definition) is 1. The van der Waals surface area contributed by atoms with Crippen molar-refractivity contribution in [2.75, 3.05) is 13.1 Å². The number of aromatic nitrogens is 1. The van der Waals surface area contributed by atoms with Gasteiger partial charge in [0.1, 0.15) is 10.6 Å². The highest BCUT2D eigenvalue weighted by Gasteiger charge is 2.23. The van der Waals surface area contributed by atoms with E-state index in [-0.39, 0.29) is 10.8 Å². The highest BCUT2D eigenvalue weighted by Crippen LogP contribution is 2.19. The lowest BCUT2D eigenvalue weighted by Gasteiger charge is -2.25. The molecule has 1 aromatic carbocycles. The Balaban J connectivity index is 1.92. The lowest BCUT2D eigenvalue weighted by atomic mass is 10.1. The minimum absolute atomic E-state index is 0.0242. The molecule has 0 radical (unpaired) electrons. The van der Waals surface area contributed by atoms with Crippen molar-refractivity contribution >= 4 is 15.9 Å². The summed E-state index contributed by atoms with van der Waals surface area (Å²) in [5.74, 6) is -0.127. The summed E-state index contributed by atoms with van der Waals surface area (Å²) in [4.78, 5) is 14.9. The third kappa shape index (κ3) is 4.53. The molecule has 0 saturated carbocycles. The molecule has 6 nitrogen and oxygen atoms in total. The first-order valence-corrected chi connectivity index (χ1v) is 10.6. The summed E-state index contributed by atoms with van der Waals surface area (Å²) in [6.45, 7) is 1.84. The van der Waals surface area contributed by atoms with Gasteiger partial charge in [0.2, 0.25) is 10.0 Å². The Bertz CT molecular complexity index is 851. The van der Waals surface area contributed by atoms with Crippen LogP contribution in [0, 0.1) is 0 Å². The molecule has 1 amide bonds. The molecule has 1 aromatic heterocycles. The quantitative estimate of drug-likeness (QED) is 0.891. The molecule has 0 atom stereocenters. The number of primary sulfonamides is 1. The molecular weight excluding hydrogens is 350 g/mol. The minimum atomic E-state index is -3.87. The van der Waals surface area contributed by atoms with E-state index in [1.165, 1.54) is 18.7 Å². The molecule has 1 saturated heterocycles. The van der Waals surface area contributed by atoms with Gasteiger partial charge in [0, 0.05) is 25.8 Å². The van der Waals surface area contributed by atoms with Crippen LogP contribution in [-0.4, -0.2) is 36.9 Å². The Morgan fingerprint density at radius 2 is 1.62 bits per heavy atom. The average molecular weight is 375 g/mol. The summed E-state index contributed by atoms with van der Waals surface area (Å²) in [5.41, 5.74) is 1.37. The van der Waals surface area contributed by atoms with Crippen molar-refractivity contribution in [3.05, 3.63) is 53.9 Å². The van der Waals surface area contributed by atoms with Crippen molar-refractivity contribution in [1.29, 1.82) is 0 Å². The van der Waals surface area contributed by atoms with Gasteiger partial charge >= 0.3 is 0 Å². The van der Waals surface area contributed by atoms with Crippen molar-refractivity contribution in [3.8, 4) is 0 Å². The number of sulfonamides is 1. The summed E-state index contributed by atoms with van der Waals surface area (Å²) in [6, 6.07) is 11.0. The second-order valence-corrected chi connectivity index (χ2v) is 8.34. The number of amides is 1. The van der Waals surface area contributed by atoms with E-state index in [1.807, 2.05) is 35.2 Å². The molecule has 140 valence electrons. The van der Waals surface area contributed by atoms with Crippen LogP contribution in [0.5, 0.6) is 0 Å². The molecule has 7 heteroatoms. The number of rotatable bonds is 4. The molecule has 3 rings (SSSR count). The summed E-state index contributed by atoms with van der Waals surface area (Å²) in [7, 11) is -3.87. The predicted molar refractivity (Wildman–Crippen MR) is 100 cm³/mol. The Hall–Kier alpha value is -2.12. The number of nitrogens with zero attached hydrogens (tertiary/aromatic N) is 2. The summed E-state index contributed by atoms with van der Waals surface area (Å²) >= 11 is 0. The Labute approximate surface area is 154 Å². The highest BCUT2D eigenvalue weighted by atomic mass is 32.2. The molecule has 0 unspecified atom stereocenters. The van der Waals surface area contributed by atoms with Crippen molar-refractivity contribution in [2.24, 2.45) is 5.14 Å². The number of carbonyl (C=O) groups is 1. The molecule has 0 aliphatic carbocycles. The van der Waals surface area contributed by atoms with Gasteiger partial charge < -0.3 is 9.47 Å². The van der Waals surface area contributed by atoms with Gasteiger partial charge in [0.05, 0.1) is 0 Å². The number of likely N-dealkylation sites (tertiary alicyclic amines) is 1. The van der Waals surface area contributed by atoms with Crippen LogP contribution in [0.25, 0.3) is 0 Å². The van der Waals surface area contributed by atoms with Gasteiger partial charge in [-0.1, -0.05) is 49.6 Å². The van der Waals surface area contributed by atoms with E-state index in [0.29, 0.717) is 25.3 Å². The molecule has 2 aromatic rings. The smallest absolute Gasteiger partial charge is 0.270 e. The maximum atomic E-state index is 13.1. The van der Waals surface area contributed by atoms with Gasteiger partial charge in [-0.2, -0.15) is 0 Å². The van der Waals surface area contributed by atoms with Crippen LogP contribution in [0.1, 0.15) is 48.2 Å². The summed E-state index contributed by atoms with van der Waals surface area (Å²) in [6.07, 6.45) is 6.87. The van der Waals surface area contributed by atoms with Crippen molar-refractivity contribution in [1.82, 2.24) is 9.47 Å². The molecule has 1 aliphatic heterocycles. The van der Waals surface area contributed by atoms with Crippen LogP contribution in [0.4, 0.5) is 0 Å². The lowest BCUT2D eigenvalue weighted by molar-refractivity contribution is 0.0732. The van der Waals surface area contributed by atoms with Gasteiger partial charge in [-0.15, -0.1) is 0 Å². The van der Waals surface area contributed by atoms with Gasteiger partial charge in [-0.05, 0) is 24.5 Å². The zero-order valence-electron chi connectivity index (χ0n) is 14.8. The standard InChI is InChI=1S/C19H25N3O3S/c20-26(24,25)17-13-18(19(23)21-11-7-2-1-3-8-12-21)22(15-17)14-16-9-5-4-6-10-16/h4-6,9-10,13,15H,1-3,7-8,11-12,14H2,(H2,20,24,25). The number of nitrogens with two attached hydrogens (primary N) is 1. The van der Waals surface area contributed by atoms with Crippen LogP contribution in [-0.2, 0) is 16.6 Å². The second-order valence-electron chi connectivity index (χ2n) is 6.78. The SMILES string of the molecule is NS(=O)(=O)c1cc(C(=O)N2CCCCCCC2)n(Cc2ccccc2)c1. The number of benzene rings is 1. The maximum Gasteiger partial charge on any atom is 0.270 e. The van der Waals surface area contributed by atoms with Crippen LogP contribution < -0.4 is 5.14 Å². The zero-order valence-corrected chi connectivity index (χ0v) is 15.6. The van der Waals surface area contributed by atoms with Crippen molar-refractivity contribution < 1.29 is 13.2 Å². The molecule has 2 heterocycles. The third-order valence-corrected chi connectivity index (χ3v) is 5.64. The van der Waals surface area contributed by atoms with Crippen LogP contribution in [0.3, 0.4) is 0 Å². The molecule has 2 N–H and O–H groups in total. The van der Waals surface area contributed by atoms with Gasteiger partial charge in [-0.25, -0.2) is 13.6 Å². The Morgan fingerprint density at radius 3 is 2.23 bits per heavy atom. The molecule has 26 heavy (non-hydrogen) atoms. The zero-order chi connectivity index (χ0) is 18.6. The van der Waals surface area contributed by atoms with Crippen LogP contribution >= 0.6 is 0 Å². The Morgan fingerprint density at radius 1 is 1.00 bits per heavy atom. The summed E-state index contributed by atoms with van der Waals surface area (Å²) in [5, 5.41) is 5.29. The van der Waals surface area contributed by atoms with Gasteiger partial charge in [-0.3, -0.25) is 4.79 Å². The normalized spacial score (nSPS) is 16.1. The van der Waals surface area contributed by atoms with E-state index in [4.69, 9.17) is 5.14 Å². The second kappa shape index (κ2) is 8.05. The van der Waals surface area contributed by atoms with E-state index in [2.05, 4.69) is 0 Å². The monoisotopic (exact) mass is 375 g/mol. The van der Waals surface area contributed by atoms with E-state index in [1.54, 1.807) is 4.57 Å². The van der Waals surface area contributed by atoms with E-state index in [0.717, 1.165) is 31.2 Å². The number of carbonyl (C=O) groups excluding carboxylic acids is 1. The first-order valence-electron chi connectivity index (χ1n) is 9.01. The van der Waals surface area contributed by atoms with E-state index >= 15 is 0 Å². The van der Waals surface area contributed by atoms with Gasteiger partial charge in [0.25, 0.3) is 5.91 Å². The first-order chi connectivity index (χ1) is 12.4. The Kier molecular flexibility index (Phi) is 5.78. The molecule has 0 bridgehead atoms. The topological polar surface area (TPSA) is 85.4 Å². The lowest BCUT2D eigenvalue weighted by Crippen LogP contribution is -2.35. The van der Waals surface area contributed by atoms with E-state index in [9.17, 15) is 13.2 Å². The van der Waals surface area contributed by atoms with Crippen molar-refractivity contribution in [2.45, 2.75) is 43.5 Å². The largest absolute Gasteiger partial charge is 0.338 e. The highest BCUT2D eigenvalue weighted by molar-refractivity contribution is 7.89. The average Bonchev–Trinajstić information content (AvgIpc) is 2.99. The first kappa shape index (κ1) is 18.7. The summed E-state index contributed by atoms with van der Waals surface area (Å²) < 4.78 is 25.3.